The van der Waals surface area contributed by atoms with E-state index in [0.29, 0.717) is 18.0 Å². The van der Waals surface area contributed by atoms with E-state index in [-0.39, 0.29) is 0 Å². The molecule has 52 heavy (non-hydrogen) atoms. The molecule has 3 nitrogen and oxygen atoms in total. The van der Waals surface area contributed by atoms with Gasteiger partial charge in [-0.25, -0.2) is 0 Å². The van der Waals surface area contributed by atoms with Crippen LogP contribution in [0.2, 0.25) is 0 Å². The van der Waals surface area contributed by atoms with Crippen molar-refractivity contribution in [1.29, 1.82) is 0 Å². The van der Waals surface area contributed by atoms with Crippen molar-refractivity contribution in [2.24, 2.45) is 0 Å². The van der Waals surface area contributed by atoms with Crippen LogP contribution in [0, 0.1) is 0 Å². The molecule has 2 N–H and O–H groups in total. The number of para-hydroxylation sites is 1. The molecule has 0 spiro atoms. The Bertz CT molecular complexity index is 2690. The van der Waals surface area contributed by atoms with E-state index in [0.717, 1.165) is 44.3 Å². The number of nitrogens with two attached hydrogens (primary N) is 1. The Labute approximate surface area is 303 Å². The van der Waals surface area contributed by atoms with Crippen LogP contribution in [0.1, 0.15) is 5.56 Å². The molecule has 0 unspecified atom stereocenters. The van der Waals surface area contributed by atoms with Crippen LogP contribution in [0.15, 0.2) is 194 Å². The first-order valence-corrected chi connectivity index (χ1v) is 17.7. The van der Waals surface area contributed by atoms with Gasteiger partial charge in [-0.15, -0.1) is 0 Å². The highest BCUT2D eigenvalue weighted by Gasteiger charge is 2.16. The molecule has 0 aromatic heterocycles. The molecule has 0 saturated heterocycles. The molecule has 248 valence electrons. The number of nitrogen functional groups attached to an aromatic ring is 1. The fourth-order valence-electron chi connectivity index (χ4n) is 7.33. The molecule has 0 aliphatic heterocycles. The molecule has 0 amide bonds. The van der Waals surface area contributed by atoms with E-state index >= 15 is 0 Å². The van der Waals surface area contributed by atoms with E-state index in [2.05, 4.69) is 193 Å². The number of nitrogens with zero attached hydrogens (tertiary/aromatic N) is 1. The number of hydrogen-bond donors (Lipinski definition) is 1. The van der Waals surface area contributed by atoms with Crippen LogP contribution in [0.4, 0.5) is 22.7 Å². The van der Waals surface area contributed by atoms with Crippen LogP contribution in [-0.2, 0) is 6.61 Å². The third kappa shape index (κ3) is 5.89. The van der Waals surface area contributed by atoms with Crippen molar-refractivity contribution < 1.29 is 4.74 Å². The summed E-state index contributed by atoms with van der Waals surface area (Å²) < 4.78 is 6.49. The Balaban J connectivity index is 1.08. The van der Waals surface area contributed by atoms with Crippen molar-refractivity contribution in [2.45, 2.75) is 6.61 Å². The Morgan fingerprint density at radius 3 is 1.83 bits per heavy atom. The summed E-state index contributed by atoms with van der Waals surface area (Å²) in [6, 6.07) is 68.5. The van der Waals surface area contributed by atoms with Crippen molar-refractivity contribution in [1.82, 2.24) is 0 Å². The van der Waals surface area contributed by atoms with Crippen LogP contribution in [0.5, 0.6) is 5.75 Å². The Kier molecular flexibility index (Phi) is 8.07. The topological polar surface area (TPSA) is 38.5 Å². The lowest BCUT2D eigenvalue weighted by molar-refractivity contribution is 0.312. The lowest BCUT2D eigenvalue weighted by Gasteiger charge is -2.26. The fraction of sp³-hybridized carbons (Fsp3) is 0.0204. The van der Waals surface area contributed by atoms with E-state index < -0.39 is 0 Å². The summed E-state index contributed by atoms with van der Waals surface area (Å²) in [7, 11) is 0. The first kappa shape index (κ1) is 31.2. The minimum absolute atomic E-state index is 0.433. The number of hydrogen-bond acceptors (Lipinski definition) is 3. The summed E-state index contributed by atoms with van der Waals surface area (Å²) in [5, 5.41) is 6.86. The van der Waals surface area contributed by atoms with E-state index in [1.54, 1.807) is 0 Å². The Morgan fingerprint density at radius 2 is 1.02 bits per heavy atom. The fourth-order valence-corrected chi connectivity index (χ4v) is 7.33. The summed E-state index contributed by atoms with van der Waals surface area (Å²) in [6.45, 7) is 0.433. The first-order valence-electron chi connectivity index (χ1n) is 17.7. The molecule has 0 heterocycles. The summed E-state index contributed by atoms with van der Waals surface area (Å²) >= 11 is 0. The van der Waals surface area contributed by atoms with Crippen molar-refractivity contribution in [3.63, 3.8) is 0 Å². The molecule has 0 saturated carbocycles. The van der Waals surface area contributed by atoms with Crippen LogP contribution in [0.3, 0.4) is 0 Å². The van der Waals surface area contributed by atoms with Gasteiger partial charge in [0.1, 0.15) is 6.61 Å². The van der Waals surface area contributed by atoms with Gasteiger partial charge in [0.05, 0.1) is 5.69 Å². The maximum Gasteiger partial charge on any atom is 0.150 e. The van der Waals surface area contributed by atoms with Gasteiger partial charge in [0.25, 0.3) is 0 Å². The van der Waals surface area contributed by atoms with E-state index in [1.807, 2.05) is 6.07 Å². The predicted molar refractivity (Wildman–Crippen MR) is 220 cm³/mol. The van der Waals surface area contributed by atoms with Gasteiger partial charge in [-0.05, 0) is 103 Å². The zero-order valence-electron chi connectivity index (χ0n) is 28.6. The van der Waals surface area contributed by atoms with Crippen molar-refractivity contribution in [3.8, 4) is 28.0 Å². The smallest absolute Gasteiger partial charge is 0.150 e. The Hall–Kier alpha value is -6.84. The molecular formula is C49H36N2O. The highest BCUT2D eigenvalue weighted by molar-refractivity contribution is 6.08. The number of anilines is 4. The van der Waals surface area contributed by atoms with Crippen molar-refractivity contribution >= 4 is 55.1 Å². The maximum atomic E-state index is 6.57. The molecule has 0 fully saturated rings. The number of benzene rings is 9. The molecule has 0 bridgehead atoms. The molecule has 3 heteroatoms. The van der Waals surface area contributed by atoms with Crippen LogP contribution in [-0.4, -0.2) is 0 Å². The van der Waals surface area contributed by atoms with Gasteiger partial charge in [0.2, 0.25) is 0 Å². The van der Waals surface area contributed by atoms with E-state index in [9.17, 15) is 0 Å². The van der Waals surface area contributed by atoms with Crippen molar-refractivity contribution in [3.05, 3.63) is 200 Å². The lowest BCUT2D eigenvalue weighted by Crippen LogP contribution is -2.09. The normalized spacial score (nSPS) is 11.2. The lowest BCUT2D eigenvalue weighted by atomic mass is 9.93. The Morgan fingerprint density at radius 1 is 0.404 bits per heavy atom. The van der Waals surface area contributed by atoms with Gasteiger partial charge >= 0.3 is 0 Å². The molecule has 0 aliphatic carbocycles. The standard InChI is InChI=1S/C49H36N2O/c50-48-30-29-46-45(19-10-20-47(46)49(48)52-33-34-21-22-36-13-7-8-14-38(36)31-34)44-18-9-15-39-32-42(27-28-43(39)44)51(40-16-5-2-6-17-40)41-25-23-37(24-26-41)35-11-3-1-4-12-35/h1-32H,33,50H2. The molecule has 9 aromatic carbocycles. The quantitative estimate of drug-likeness (QED) is 0.164. The summed E-state index contributed by atoms with van der Waals surface area (Å²) in [6.07, 6.45) is 0. The second-order valence-corrected chi connectivity index (χ2v) is 13.1. The zero-order valence-corrected chi connectivity index (χ0v) is 28.6. The second kappa shape index (κ2) is 13.5. The van der Waals surface area contributed by atoms with E-state index in [4.69, 9.17) is 10.5 Å². The number of fused-ring (bicyclic) bond motifs is 3. The van der Waals surface area contributed by atoms with Gasteiger partial charge in [-0.3, -0.25) is 0 Å². The summed E-state index contributed by atoms with van der Waals surface area (Å²) in [5.41, 5.74) is 16.3. The largest absolute Gasteiger partial charge is 0.486 e. The zero-order chi connectivity index (χ0) is 34.9. The van der Waals surface area contributed by atoms with E-state index in [1.165, 1.54) is 32.8 Å². The van der Waals surface area contributed by atoms with Gasteiger partial charge in [0.15, 0.2) is 5.75 Å². The summed E-state index contributed by atoms with van der Waals surface area (Å²) in [5.74, 6) is 0.715. The average molecular weight is 669 g/mol. The van der Waals surface area contributed by atoms with Gasteiger partial charge in [-0.1, -0.05) is 146 Å². The molecule has 0 radical (unpaired) electrons. The number of ether oxygens (including phenoxy) is 1. The van der Waals surface area contributed by atoms with Gasteiger partial charge in [-0.2, -0.15) is 0 Å². The SMILES string of the molecule is Nc1ccc2c(-c3cccc4cc(N(c5ccccc5)c5ccc(-c6ccccc6)cc5)ccc34)cccc2c1OCc1ccc2ccccc2c1. The van der Waals surface area contributed by atoms with Gasteiger partial charge in [0, 0.05) is 22.4 Å². The third-order valence-electron chi connectivity index (χ3n) is 9.90. The third-order valence-corrected chi connectivity index (χ3v) is 9.90. The molecule has 0 atom stereocenters. The number of rotatable bonds is 8. The van der Waals surface area contributed by atoms with Crippen LogP contribution < -0.4 is 15.4 Å². The van der Waals surface area contributed by atoms with Crippen LogP contribution in [0.25, 0.3) is 54.6 Å². The second-order valence-electron chi connectivity index (χ2n) is 13.1. The average Bonchev–Trinajstić information content (AvgIpc) is 3.21. The highest BCUT2D eigenvalue weighted by atomic mass is 16.5. The predicted octanol–water partition coefficient (Wildman–Crippen LogP) is 13.1. The van der Waals surface area contributed by atoms with Crippen LogP contribution >= 0.6 is 0 Å². The molecule has 0 aliphatic rings. The minimum Gasteiger partial charge on any atom is -0.486 e. The monoisotopic (exact) mass is 668 g/mol. The van der Waals surface area contributed by atoms with Gasteiger partial charge < -0.3 is 15.4 Å². The molecular weight excluding hydrogens is 633 g/mol. The highest BCUT2D eigenvalue weighted by Crippen LogP contribution is 2.42. The summed E-state index contributed by atoms with van der Waals surface area (Å²) in [4.78, 5) is 2.32. The maximum absolute atomic E-state index is 6.57. The molecule has 9 rings (SSSR count). The molecule has 9 aromatic rings. The minimum atomic E-state index is 0.433. The first-order chi connectivity index (χ1) is 25.7. The van der Waals surface area contributed by atoms with Crippen molar-refractivity contribution in [2.75, 3.05) is 10.6 Å².